The Balaban J connectivity index is 1.87. The van der Waals surface area contributed by atoms with Crippen LogP contribution in [-0.4, -0.2) is 33.8 Å². The maximum atomic E-state index is 12.8. The molecule has 1 atom stereocenters. The summed E-state index contributed by atoms with van der Waals surface area (Å²) in [6.45, 7) is 1.63. The van der Waals surface area contributed by atoms with Gasteiger partial charge in [0.25, 0.3) is 11.6 Å². The Morgan fingerprint density at radius 2 is 2.12 bits per heavy atom. The number of hydrogen-bond donors (Lipinski definition) is 2. The van der Waals surface area contributed by atoms with E-state index in [-0.39, 0.29) is 18.6 Å². The molecule has 0 saturated heterocycles. The lowest BCUT2D eigenvalue weighted by molar-refractivity contribution is 0.0924. The second-order valence-electron chi connectivity index (χ2n) is 6.50. The van der Waals surface area contributed by atoms with Crippen molar-refractivity contribution in [1.29, 1.82) is 0 Å². The predicted molar refractivity (Wildman–Crippen MR) is 93.2 cm³/mol. The number of carbonyl (C=O) groups excluding carboxylic acids is 1. The van der Waals surface area contributed by atoms with Crippen LogP contribution in [0.2, 0.25) is 0 Å². The number of nitrogens with zero attached hydrogens (tertiary/aromatic N) is 2. The number of aromatic nitrogens is 2. The lowest BCUT2D eigenvalue weighted by Gasteiger charge is -2.12. The highest BCUT2D eigenvalue weighted by Crippen LogP contribution is 2.41. The fourth-order valence-corrected chi connectivity index (χ4v) is 2.88. The average molecular weight is 337 g/mol. The molecule has 1 aliphatic rings. The maximum Gasteiger partial charge on any atom is 0.259 e. The molecule has 1 unspecified atom stereocenters. The van der Waals surface area contributed by atoms with Gasteiger partial charge >= 0.3 is 0 Å². The highest BCUT2D eigenvalue weighted by atomic mass is 16.5. The number of aliphatic hydroxyl groups excluding tert-OH is 1. The number of amides is 1. The molecule has 0 radical (unpaired) electrons. The van der Waals surface area contributed by atoms with Gasteiger partial charge in [-0.1, -0.05) is 35.5 Å². The molecule has 1 aromatic carbocycles. The van der Waals surface area contributed by atoms with Gasteiger partial charge in [0.1, 0.15) is 5.69 Å². The van der Waals surface area contributed by atoms with Gasteiger partial charge in [0.05, 0.1) is 17.6 Å². The van der Waals surface area contributed by atoms with E-state index < -0.39 is 0 Å². The summed E-state index contributed by atoms with van der Waals surface area (Å²) < 4.78 is 5.45. The molecule has 4 rings (SSSR count). The minimum absolute atomic E-state index is 0.120. The summed E-state index contributed by atoms with van der Waals surface area (Å²) >= 11 is 0. The maximum absolute atomic E-state index is 12.8. The van der Waals surface area contributed by atoms with Crippen LogP contribution in [0.1, 0.15) is 41.7 Å². The van der Waals surface area contributed by atoms with Gasteiger partial charge in [0, 0.05) is 23.2 Å². The summed E-state index contributed by atoms with van der Waals surface area (Å²) in [6, 6.07) is 11.1. The minimum Gasteiger partial charge on any atom is -0.394 e. The van der Waals surface area contributed by atoms with Gasteiger partial charge in [-0.2, -0.15) is 0 Å². The summed E-state index contributed by atoms with van der Waals surface area (Å²) in [5.74, 6) is 0.132. The van der Waals surface area contributed by atoms with Crippen molar-refractivity contribution in [3.05, 3.63) is 47.7 Å². The van der Waals surface area contributed by atoms with Crippen molar-refractivity contribution in [3.8, 4) is 11.3 Å². The number of hydrogen-bond acceptors (Lipinski definition) is 5. The molecule has 0 spiro atoms. The molecule has 0 aliphatic heterocycles. The lowest BCUT2D eigenvalue weighted by Crippen LogP contribution is -2.35. The van der Waals surface area contributed by atoms with Gasteiger partial charge in [0.15, 0.2) is 0 Å². The second-order valence-corrected chi connectivity index (χ2v) is 6.50. The minimum atomic E-state index is -0.333. The molecule has 6 nitrogen and oxygen atoms in total. The van der Waals surface area contributed by atoms with Crippen LogP contribution in [0.5, 0.6) is 0 Å². The largest absolute Gasteiger partial charge is 0.394 e. The Hall–Kier alpha value is -2.73. The monoisotopic (exact) mass is 337 g/mol. The fourth-order valence-electron chi connectivity index (χ4n) is 2.88. The Bertz CT molecular complexity index is 916. The molecule has 1 aliphatic carbocycles. The first kappa shape index (κ1) is 15.8. The molecule has 0 bridgehead atoms. The number of carbonyl (C=O) groups is 1. The van der Waals surface area contributed by atoms with Gasteiger partial charge in [-0.15, -0.1) is 0 Å². The van der Waals surface area contributed by atoms with Crippen LogP contribution >= 0.6 is 0 Å². The van der Waals surface area contributed by atoms with E-state index in [1.807, 2.05) is 36.4 Å². The van der Waals surface area contributed by atoms with E-state index in [4.69, 9.17) is 4.52 Å². The fraction of sp³-hybridized carbons (Fsp3) is 0.316. The predicted octanol–water partition coefficient (Wildman–Crippen LogP) is 2.88. The molecule has 1 saturated carbocycles. The van der Waals surface area contributed by atoms with E-state index in [0.717, 1.165) is 24.1 Å². The van der Waals surface area contributed by atoms with E-state index in [9.17, 15) is 9.90 Å². The summed E-state index contributed by atoms with van der Waals surface area (Å²) in [5, 5.41) is 16.8. The first-order valence-corrected chi connectivity index (χ1v) is 8.45. The topological polar surface area (TPSA) is 88.2 Å². The molecule has 1 amide bonds. The van der Waals surface area contributed by atoms with Crippen molar-refractivity contribution < 1.29 is 14.4 Å². The van der Waals surface area contributed by atoms with Crippen LogP contribution in [-0.2, 0) is 0 Å². The number of pyridine rings is 1. The van der Waals surface area contributed by atoms with Gasteiger partial charge in [-0.05, 0) is 25.8 Å². The number of aliphatic hydroxyl groups is 1. The van der Waals surface area contributed by atoms with Crippen LogP contribution in [0.3, 0.4) is 0 Å². The third kappa shape index (κ3) is 3.00. The second kappa shape index (κ2) is 6.29. The van der Waals surface area contributed by atoms with Crippen molar-refractivity contribution in [3.63, 3.8) is 0 Å². The molecule has 2 N–H and O–H groups in total. The Morgan fingerprint density at radius 1 is 1.36 bits per heavy atom. The lowest BCUT2D eigenvalue weighted by atomic mass is 10.0. The molecule has 25 heavy (non-hydrogen) atoms. The van der Waals surface area contributed by atoms with Crippen molar-refractivity contribution in [2.45, 2.75) is 31.7 Å². The van der Waals surface area contributed by atoms with Crippen molar-refractivity contribution in [2.24, 2.45) is 0 Å². The zero-order valence-corrected chi connectivity index (χ0v) is 13.9. The molecule has 3 aromatic rings. The van der Waals surface area contributed by atoms with Crippen molar-refractivity contribution in [2.75, 3.05) is 6.61 Å². The Morgan fingerprint density at radius 3 is 2.80 bits per heavy atom. The molecule has 128 valence electrons. The third-order valence-corrected chi connectivity index (χ3v) is 4.41. The number of fused-ring (bicyclic) bond motifs is 1. The van der Waals surface area contributed by atoms with Crippen LogP contribution in [0.4, 0.5) is 0 Å². The number of rotatable bonds is 5. The van der Waals surface area contributed by atoms with E-state index in [1.54, 1.807) is 6.92 Å². The van der Waals surface area contributed by atoms with Gasteiger partial charge in [-0.3, -0.25) is 4.79 Å². The number of nitrogens with one attached hydrogen (secondary N) is 1. The highest BCUT2D eigenvalue weighted by molar-refractivity contribution is 6.09. The first-order chi connectivity index (χ1) is 12.2. The van der Waals surface area contributed by atoms with E-state index in [0.29, 0.717) is 28.3 Å². The quantitative estimate of drug-likeness (QED) is 0.747. The van der Waals surface area contributed by atoms with Crippen molar-refractivity contribution >= 4 is 17.0 Å². The van der Waals surface area contributed by atoms with Gasteiger partial charge in [-0.25, -0.2) is 4.98 Å². The van der Waals surface area contributed by atoms with Crippen LogP contribution < -0.4 is 5.32 Å². The summed E-state index contributed by atoms with van der Waals surface area (Å²) in [6.07, 6.45) is 2.15. The molecule has 1 fully saturated rings. The molecular formula is C19H19N3O3. The normalized spacial score (nSPS) is 15.3. The van der Waals surface area contributed by atoms with Crippen LogP contribution in [0.25, 0.3) is 22.4 Å². The standard InChI is InChI=1S/C19H19N3O3/c1-11(10-23)20-18(24)14-9-15(12-7-8-12)21-19-16(14)17(22-25-19)13-5-3-2-4-6-13/h2-6,9,11-12,23H,7-8,10H2,1H3,(H,20,24). The smallest absolute Gasteiger partial charge is 0.259 e. The van der Waals surface area contributed by atoms with Gasteiger partial charge in [0.2, 0.25) is 0 Å². The van der Waals surface area contributed by atoms with Crippen molar-refractivity contribution in [1.82, 2.24) is 15.5 Å². The van der Waals surface area contributed by atoms with Crippen LogP contribution in [0, 0.1) is 0 Å². The Kier molecular flexibility index (Phi) is 3.97. The van der Waals surface area contributed by atoms with Gasteiger partial charge < -0.3 is 14.9 Å². The molecule has 2 heterocycles. The van der Waals surface area contributed by atoms with E-state index in [1.165, 1.54) is 0 Å². The van der Waals surface area contributed by atoms with Crippen LogP contribution in [0.15, 0.2) is 40.9 Å². The third-order valence-electron chi connectivity index (χ3n) is 4.41. The Labute approximate surface area is 144 Å². The summed E-state index contributed by atoms with van der Waals surface area (Å²) in [7, 11) is 0. The summed E-state index contributed by atoms with van der Waals surface area (Å²) in [5.41, 5.74) is 3.21. The zero-order chi connectivity index (χ0) is 17.4. The molecule has 6 heteroatoms. The molecular weight excluding hydrogens is 318 g/mol. The van der Waals surface area contributed by atoms with E-state index in [2.05, 4.69) is 15.5 Å². The SMILES string of the molecule is CC(CO)NC(=O)c1cc(C2CC2)nc2onc(-c3ccccc3)c12. The average Bonchev–Trinajstić information content (AvgIpc) is 3.40. The first-order valence-electron chi connectivity index (χ1n) is 8.45. The zero-order valence-electron chi connectivity index (χ0n) is 13.9. The number of benzene rings is 1. The summed E-state index contributed by atoms with van der Waals surface area (Å²) in [4.78, 5) is 17.4. The highest BCUT2D eigenvalue weighted by Gasteiger charge is 2.29. The van der Waals surface area contributed by atoms with E-state index >= 15 is 0 Å². The molecule has 2 aromatic heterocycles.